The van der Waals surface area contributed by atoms with Gasteiger partial charge in [0.25, 0.3) is 0 Å². The van der Waals surface area contributed by atoms with E-state index in [0.29, 0.717) is 29.8 Å². The lowest BCUT2D eigenvalue weighted by Crippen LogP contribution is -2.46. The molecule has 1 aliphatic rings. The average Bonchev–Trinajstić information content (AvgIpc) is 2.74. The number of rotatable bonds is 7. The summed E-state index contributed by atoms with van der Waals surface area (Å²) in [6.07, 6.45) is 2.04. The minimum Gasteiger partial charge on any atom is -0.493 e. The van der Waals surface area contributed by atoms with Gasteiger partial charge in [-0.3, -0.25) is 4.90 Å². The maximum absolute atomic E-state index is 12.4. The molecule has 1 aliphatic heterocycles. The van der Waals surface area contributed by atoms with E-state index >= 15 is 0 Å². The van der Waals surface area contributed by atoms with E-state index < -0.39 is 0 Å². The average molecular weight is 383 g/mol. The number of methoxy groups -OCH3 is 2. The van der Waals surface area contributed by atoms with Crippen molar-refractivity contribution in [1.29, 1.82) is 0 Å². The number of benzene rings is 2. The van der Waals surface area contributed by atoms with Gasteiger partial charge in [0, 0.05) is 37.4 Å². The molecule has 0 saturated carbocycles. The first-order chi connectivity index (χ1) is 13.6. The molecule has 0 aliphatic carbocycles. The van der Waals surface area contributed by atoms with Crippen molar-refractivity contribution in [2.75, 3.05) is 32.6 Å². The van der Waals surface area contributed by atoms with Gasteiger partial charge in [-0.05, 0) is 36.1 Å². The highest BCUT2D eigenvalue weighted by Crippen LogP contribution is 2.29. The van der Waals surface area contributed by atoms with E-state index in [-0.39, 0.29) is 6.03 Å². The largest absolute Gasteiger partial charge is 0.493 e. The van der Waals surface area contributed by atoms with Gasteiger partial charge in [-0.1, -0.05) is 31.2 Å². The smallest absolute Gasteiger partial charge is 0.319 e. The molecular weight excluding hydrogens is 354 g/mol. The van der Waals surface area contributed by atoms with Crippen molar-refractivity contribution in [1.82, 2.24) is 10.2 Å². The van der Waals surface area contributed by atoms with Crippen LogP contribution < -0.4 is 20.1 Å². The maximum Gasteiger partial charge on any atom is 0.319 e. The van der Waals surface area contributed by atoms with Crippen molar-refractivity contribution in [2.45, 2.75) is 32.4 Å². The highest BCUT2D eigenvalue weighted by atomic mass is 16.5. The Balaban J connectivity index is 1.54. The fourth-order valence-corrected chi connectivity index (χ4v) is 3.66. The topological polar surface area (TPSA) is 62.8 Å². The van der Waals surface area contributed by atoms with Gasteiger partial charge < -0.3 is 20.1 Å². The van der Waals surface area contributed by atoms with Crippen molar-refractivity contribution in [2.24, 2.45) is 0 Å². The Morgan fingerprint density at radius 2 is 1.86 bits per heavy atom. The molecule has 0 spiro atoms. The van der Waals surface area contributed by atoms with Gasteiger partial charge in [-0.15, -0.1) is 0 Å². The summed E-state index contributed by atoms with van der Waals surface area (Å²) in [5, 5.41) is 5.87. The molecule has 1 atom stereocenters. The summed E-state index contributed by atoms with van der Waals surface area (Å²) in [5.41, 5.74) is 3.49. The van der Waals surface area contributed by atoms with Gasteiger partial charge >= 0.3 is 6.03 Å². The molecule has 2 aromatic rings. The summed E-state index contributed by atoms with van der Waals surface area (Å²) >= 11 is 0. The second kappa shape index (κ2) is 9.46. The SMILES string of the molecule is CCC(CNC(=O)Nc1ccc(OC)c(OC)c1)N1CCc2ccccc2C1. The van der Waals surface area contributed by atoms with Crippen LogP contribution in [-0.4, -0.2) is 44.3 Å². The number of nitrogens with one attached hydrogen (secondary N) is 2. The van der Waals surface area contributed by atoms with E-state index in [1.54, 1.807) is 32.4 Å². The second-order valence-electron chi connectivity index (χ2n) is 6.96. The standard InChI is InChI=1S/C22H29N3O3/c1-4-19(25-12-11-16-7-5-6-8-17(16)15-25)14-23-22(26)24-18-9-10-20(27-2)21(13-18)28-3/h5-10,13,19H,4,11-12,14-15H2,1-3H3,(H2,23,24,26). The van der Waals surface area contributed by atoms with Gasteiger partial charge in [-0.2, -0.15) is 0 Å². The van der Waals surface area contributed by atoms with Gasteiger partial charge in [0.2, 0.25) is 0 Å². The Morgan fingerprint density at radius 1 is 1.11 bits per heavy atom. The zero-order valence-corrected chi connectivity index (χ0v) is 16.8. The quantitative estimate of drug-likeness (QED) is 0.766. The van der Waals surface area contributed by atoms with Crippen LogP contribution in [-0.2, 0) is 13.0 Å². The van der Waals surface area contributed by atoms with E-state index in [2.05, 4.69) is 46.7 Å². The number of nitrogens with zero attached hydrogens (tertiary/aromatic N) is 1. The molecule has 0 fully saturated rings. The Kier molecular flexibility index (Phi) is 6.76. The van der Waals surface area contributed by atoms with Crippen LogP contribution in [0.25, 0.3) is 0 Å². The predicted octanol–water partition coefficient (Wildman–Crippen LogP) is 3.66. The zero-order valence-electron chi connectivity index (χ0n) is 16.8. The van der Waals surface area contributed by atoms with Gasteiger partial charge in [0.1, 0.15) is 0 Å². The minimum absolute atomic E-state index is 0.219. The van der Waals surface area contributed by atoms with Crippen molar-refractivity contribution in [3.05, 3.63) is 53.6 Å². The molecule has 1 heterocycles. The number of carbonyl (C=O) groups excluding carboxylic acids is 1. The zero-order chi connectivity index (χ0) is 19.9. The van der Waals surface area contributed by atoms with Crippen LogP contribution in [0.4, 0.5) is 10.5 Å². The summed E-state index contributed by atoms with van der Waals surface area (Å²) in [6, 6.07) is 14.0. The van der Waals surface area contributed by atoms with Crippen LogP contribution in [0.3, 0.4) is 0 Å². The van der Waals surface area contributed by atoms with Gasteiger partial charge in [0.15, 0.2) is 11.5 Å². The number of ether oxygens (including phenoxy) is 2. The molecule has 0 bridgehead atoms. The molecule has 28 heavy (non-hydrogen) atoms. The fourth-order valence-electron chi connectivity index (χ4n) is 3.66. The van der Waals surface area contributed by atoms with Crippen LogP contribution in [0.1, 0.15) is 24.5 Å². The van der Waals surface area contributed by atoms with Crippen LogP contribution >= 0.6 is 0 Å². The molecular formula is C22H29N3O3. The van der Waals surface area contributed by atoms with E-state index in [9.17, 15) is 4.79 Å². The van der Waals surface area contributed by atoms with Crippen molar-refractivity contribution in [3.63, 3.8) is 0 Å². The molecule has 1 unspecified atom stereocenters. The molecule has 0 saturated heterocycles. The summed E-state index contributed by atoms with van der Waals surface area (Å²) < 4.78 is 10.5. The molecule has 2 amide bonds. The Hall–Kier alpha value is -2.73. The highest BCUT2D eigenvalue weighted by Gasteiger charge is 2.22. The third-order valence-corrected chi connectivity index (χ3v) is 5.29. The first kappa shape index (κ1) is 20.0. The number of hydrogen-bond acceptors (Lipinski definition) is 4. The van der Waals surface area contributed by atoms with Crippen LogP contribution in [0, 0.1) is 0 Å². The van der Waals surface area contributed by atoms with E-state index in [0.717, 1.165) is 25.9 Å². The molecule has 150 valence electrons. The Morgan fingerprint density at radius 3 is 2.57 bits per heavy atom. The first-order valence-corrected chi connectivity index (χ1v) is 9.72. The second-order valence-corrected chi connectivity index (χ2v) is 6.96. The molecule has 6 heteroatoms. The molecule has 2 N–H and O–H groups in total. The van der Waals surface area contributed by atoms with Gasteiger partial charge in [0.05, 0.1) is 14.2 Å². The maximum atomic E-state index is 12.4. The number of hydrogen-bond donors (Lipinski definition) is 2. The van der Waals surface area contributed by atoms with Crippen molar-refractivity contribution in [3.8, 4) is 11.5 Å². The van der Waals surface area contributed by atoms with Crippen LogP contribution in [0.2, 0.25) is 0 Å². The summed E-state index contributed by atoms with van der Waals surface area (Å²) in [6.45, 7) is 4.74. The number of fused-ring (bicyclic) bond motifs is 1. The summed E-state index contributed by atoms with van der Waals surface area (Å²) in [7, 11) is 3.16. The monoisotopic (exact) mass is 383 g/mol. The van der Waals surface area contributed by atoms with Crippen molar-refractivity contribution < 1.29 is 14.3 Å². The third-order valence-electron chi connectivity index (χ3n) is 5.29. The predicted molar refractivity (Wildman–Crippen MR) is 111 cm³/mol. The minimum atomic E-state index is -0.219. The first-order valence-electron chi connectivity index (χ1n) is 9.72. The number of urea groups is 1. The van der Waals surface area contributed by atoms with E-state index in [1.165, 1.54) is 11.1 Å². The molecule has 3 rings (SSSR count). The van der Waals surface area contributed by atoms with E-state index in [4.69, 9.17) is 9.47 Å². The lowest BCUT2D eigenvalue weighted by molar-refractivity contribution is 0.170. The highest BCUT2D eigenvalue weighted by molar-refractivity contribution is 5.89. The summed E-state index contributed by atoms with van der Waals surface area (Å²) in [4.78, 5) is 14.8. The summed E-state index contributed by atoms with van der Waals surface area (Å²) in [5.74, 6) is 1.21. The molecule has 0 aromatic heterocycles. The lowest BCUT2D eigenvalue weighted by Gasteiger charge is -2.35. The molecule has 2 aromatic carbocycles. The van der Waals surface area contributed by atoms with Crippen LogP contribution in [0.15, 0.2) is 42.5 Å². The van der Waals surface area contributed by atoms with Crippen molar-refractivity contribution >= 4 is 11.7 Å². The number of amides is 2. The van der Waals surface area contributed by atoms with Gasteiger partial charge in [-0.25, -0.2) is 4.79 Å². The number of carbonyl (C=O) groups is 1. The third kappa shape index (κ3) is 4.75. The normalized spacial score (nSPS) is 14.7. The lowest BCUT2D eigenvalue weighted by atomic mass is 9.98. The molecule has 6 nitrogen and oxygen atoms in total. The fraction of sp³-hybridized carbons (Fsp3) is 0.409. The van der Waals surface area contributed by atoms with Crippen LogP contribution in [0.5, 0.6) is 11.5 Å². The number of anilines is 1. The Bertz CT molecular complexity index is 809. The van der Waals surface area contributed by atoms with E-state index in [1.807, 2.05) is 0 Å². The molecule has 0 radical (unpaired) electrons. The Labute approximate surface area is 166 Å².